The van der Waals surface area contributed by atoms with Gasteiger partial charge in [0, 0.05) is 24.3 Å². The molecule has 21 heavy (non-hydrogen) atoms. The largest absolute Gasteiger partial charge is 0.367 e. The van der Waals surface area contributed by atoms with E-state index >= 15 is 0 Å². The molecule has 0 spiro atoms. The van der Waals surface area contributed by atoms with Crippen molar-refractivity contribution < 1.29 is 0 Å². The lowest BCUT2D eigenvalue weighted by molar-refractivity contribution is 0.688. The Bertz CT molecular complexity index is 602. The van der Waals surface area contributed by atoms with Gasteiger partial charge in [-0.2, -0.15) is 0 Å². The fourth-order valence-electron chi connectivity index (χ4n) is 3.01. The van der Waals surface area contributed by atoms with E-state index in [9.17, 15) is 0 Å². The lowest BCUT2D eigenvalue weighted by Gasteiger charge is -2.14. The maximum absolute atomic E-state index is 4.50. The monoisotopic (exact) mass is 302 g/mol. The number of pyridine rings is 1. The highest BCUT2D eigenvalue weighted by Gasteiger charge is 2.16. The number of anilines is 1. The fraction of sp³-hybridized carbons (Fsp3) is 0.500. The van der Waals surface area contributed by atoms with Gasteiger partial charge >= 0.3 is 0 Å². The summed E-state index contributed by atoms with van der Waals surface area (Å²) in [5.74, 6) is 0.981. The zero-order valence-corrected chi connectivity index (χ0v) is 13.5. The number of nitrogens with zero attached hydrogens (tertiary/aromatic N) is 3. The molecule has 1 fully saturated rings. The minimum atomic E-state index is 0.589. The third-order valence-corrected chi connectivity index (χ3v) is 4.77. The first kappa shape index (κ1) is 14.4. The number of aromatic nitrogens is 3. The Balaban J connectivity index is 1.86. The van der Waals surface area contributed by atoms with E-state index in [1.165, 1.54) is 36.9 Å². The van der Waals surface area contributed by atoms with Crippen molar-refractivity contribution in [3.8, 4) is 11.3 Å². The van der Waals surface area contributed by atoms with E-state index in [0.717, 1.165) is 17.5 Å². The molecule has 1 aliphatic carbocycles. The predicted octanol–water partition coefficient (Wildman–Crippen LogP) is 4.04. The Morgan fingerprint density at radius 3 is 2.86 bits per heavy atom. The van der Waals surface area contributed by atoms with Crippen LogP contribution in [0.2, 0.25) is 0 Å². The molecule has 4 nitrogen and oxygen atoms in total. The van der Waals surface area contributed by atoms with Crippen molar-refractivity contribution >= 4 is 17.6 Å². The van der Waals surface area contributed by atoms with Gasteiger partial charge in [-0.05, 0) is 38.2 Å². The fourth-order valence-corrected chi connectivity index (χ4v) is 3.61. The number of hydrogen-bond donors (Lipinski definition) is 1. The van der Waals surface area contributed by atoms with Crippen molar-refractivity contribution in [1.29, 1.82) is 0 Å². The molecule has 0 aliphatic heterocycles. The number of nitrogens with one attached hydrogen (secondary N) is 1. The zero-order valence-electron chi connectivity index (χ0n) is 12.7. The second kappa shape index (κ2) is 6.52. The molecule has 0 unspecified atom stereocenters. The summed E-state index contributed by atoms with van der Waals surface area (Å²) >= 11 is 1.69. The van der Waals surface area contributed by atoms with Crippen molar-refractivity contribution in [2.45, 2.75) is 50.4 Å². The summed E-state index contributed by atoms with van der Waals surface area (Å²) in [6.45, 7) is 3.09. The minimum absolute atomic E-state index is 0.589. The molecular weight excluding hydrogens is 280 g/mol. The topological polar surface area (TPSA) is 42.7 Å². The quantitative estimate of drug-likeness (QED) is 0.846. The molecule has 2 aromatic rings. The molecule has 0 atom stereocenters. The van der Waals surface area contributed by atoms with Gasteiger partial charge in [-0.1, -0.05) is 24.6 Å². The summed E-state index contributed by atoms with van der Waals surface area (Å²) in [4.78, 5) is 8.96. The van der Waals surface area contributed by atoms with E-state index in [-0.39, 0.29) is 0 Å². The van der Waals surface area contributed by atoms with Crippen LogP contribution >= 0.6 is 11.8 Å². The summed E-state index contributed by atoms with van der Waals surface area (Å²) in [5.41, 5.74) is 2.35. The van der Waals surface area contributed by atoms with Gasteiger partial charge < -0.3 is 9.88 Å². The van der Waals surface area contributed by atoms with E-state index in [0.29, 0.717) is 6.04 Å². The van der Waals surface area contributed by atoms with Crippen LogP contribution in [0, 0.1) is 0 Å². The Morgan fingerprint density at radius 1 is 1.33 bits per heavy atom. The molecule has 0 amide bonds. The summed E-state index contributed by atoms with van der Waals surface area (Å²) in [6, 6.07) is 4.80. The third kappa shape index (κ3) is 3.07. The molecule has 112 valence electrons. The van der Waals surface area contributed by atoms with Crippen LogP contribution in [0.4, 0.5) is 5.82 Å². The highest BCUT2D eigenvalue weighted by atomic mass is 32.2. The minimum Gasteiger partial charge on any atom is -0.367 e. The summed E-state index contributed by atoms with van der Waals surface area (Å²) in [6.07, 6.45) is 11.1. The maximum atomic E-state index is 4.50. The molecule has 2 heterocycles. The van der Waals surface area contributed by atoms with Gasteiger partial charge in [0.2, 0.25) is 0 Å². The number of rotatable bonds is 5. The van der Waals surface area contributed by atoms with Crippen molar-refractivity contribution in [3.63, 3.8) is 0 Å². The molecule has 1 saturated carbocycles. The van der Waals surface area contributed by atoms with Crippen molar-refractivity contribution in [2.24, 2.45) is 0 Å². The van der Waals surface area contributed by atoms with E-state index < -0.39 is 0 Å². The lowest BCUT2D eigenvalue weighted by Crippen LogP contribution is -2.15. The Labute approximate surface area is 130 Å². The molecule has 5 heteroatoms. The standard InChI is InChI=1S/C16H22N4S/c1-3-20-14(11-18-16(20)21-2)12-8-9-17-15(10-12)19-13-6-4-5-7-13/h8-11,13H,3-7H2,1-2H3,(H,17,19). The Morgan fingerprint density at radius 2 is 2.14 bits per heavy atom. The molecule has 1 N–H and O–H groups in total. The maximum Gasteiger partial charge on any atom is 0.168 e. The van der Waals surface area contributed by atoms with E-state index in [1.807, 2.05) is 12.4 Å². The lowest BCUT2D eigenvalue weighted by atomic mass is 10.2. The molecule has 0 bridgehead atoms. The van der Waals surface area contributed by atoms with E-state index in [1.54, 1.807) is 11.8 Å². The number of thioether (sulfide) groups is 1. The second-order valence-corrected chi connectivity index (χ2v) is 6.20. The Hall–Kier alpha value is -1.49. The van der Waals surface area contributed by atoms with Crippen LogP contribution in [0.3, 0.4) is 0 Å². The smallest absolute Gasteiger partial charge is 0.168 e. The first-order valence-corrected chi connectivity index (χ1v) is 8.86. The van der Waals surface area contributed by atoms with Gasteiger partial charge in [0.15, 0.2) is 5.16 Å². The van der Waals surface area contributed by atoms with E-state index in [4.69, 9.17) is 0 Å². The highest BCUT2D eigenvalue weighted by molar-refractivity contribution is 7.98. The van der Waals surface area contributed by atoms with E-state index in [2.05, 4.69) is 45.2 Å². The van der Waals surface area contributed by atoms with Gasteiger partial charge in [0.1, 0.15) is 5.82 Å². The van der Waals surface area contributed by atoms with Gasteiger partial charge in [0.25, 0.3) is 0 Å². The normalized spacial score (nSPS) is 15.5. The molecular formula is C16H22N4S. The molecule has 3 rings (SSSR count). The number of hydrogen-bond acceptors (Lipinski definition) is 4. The predicted molar refractivity (Wildman–Crippen MR) is 88.8 cm³/mol. The summed E-state index contributed by atoms with van der Waals surface area (Å²) in [7, 11) is 0. The third-order valence-electron chi connectivity index (χ3n) is 4.08. The molecule has 0 aromatic carbocycles. The van der Waals surface area contributed by atoms with Crippen molar-refractivity contribution in [3.05, 3.63) is 24.5 Å². The van der Waals surface area contributed by atoms with Crippen molar-refractivity contribution in [1.82, 2.24) is 14.5 Å². The van der Waals surface area contributed by atoms with Crippen LogP contribution in [0.1, 0.15) is 32.6 Å². The first-order valence-electron chi connectivity index (χ1n) is 7.64. The Kier molecular flexibility index (Phi) is 4.48. The molecule has 0 saturated heterocycles. The molecule has 2 aromatic heterocycles. The summed E-state index contributed by atoms with van der Waals surface area (Å²) in [5, 5.41) is 4.63. The zero-order chi connectivity index (χ0) is 14.7. The van der Waals surface area contributed by atoms with Crippen LogP contribution in [0.25, 0.3) is 11.3 Å². The average molecular weight is 302 g/mol. The van der Waals surface area contributed by atoms with Crippen LogP contribution < -0.4 is 5.32 Å². The van der Waals surface area contributed by atoms with Crippen LogP contribution in [0.5, 0.6) is 0 Å². The van der Waals surface area contributed by atoms with Crippen LogP contribution in [-0.4, -0.2) is 26.8 Å². The highest BCUT2D eigenvalue weighted by Crippen LogP contribution is 2.27. The van der Waals surface area contributed by atoms with Crippen LogP contribution in [0.15, 0.2) is 29.7 Å². The number of imidazole rings is 1. The molecule has 1 aliphatic rings. The summed E-state index contributed by atoms with van der Waals surface area (Å²) < 4.78 is 2.25. The van der Waals surface area contributed by atoms with Gasteiger partial charge in [-0.3, -0.25) is 0 Å². The van der Waals surface area contributed by atoms with Crippen molar-refractivity contribution in [2.75, 3.05) is 11.6 Å². The van der Waals surface area contributed by atoms with Gasteiger partial charge in [-0.15, -0.1) is 0 Å². The second-order valence-electron chi connectivity index (χ2n) is 5.43. The van der Waals surface area contributed by atoms with Gasteiger partial charge in [-0.25, -0.2) is 9.97 Å². The van der Waals surface area contributed by atoms with Gasteiger partial charge in [0.05, 0.1) is 11.9 Å². The molecule has 0 radical (unpaired) electrons. The SMILES string of the molecule is CCn1c(-c2ccnc(NC3CCCC3)c2)cnc1SC. The van der Waals surface area contributed by atoms with Crippen LogP contribution in [-0.2, 0) is 6.54 Å². The first-order chi connectivity index (χ1) is 10.3. The average Bonchev–Trinajstić information content (AvgIpc) is 3.15.